The molecule has 196 valence electrons. The number of alkyl carbamates (subject to hydrolysis) is 1. The van der Waals surface area contributed by atoms with Crippen molar-refractivity contribution in [3.05, 3.63) is 35.4 Å². The van der Waals surface area contributed by atoms with Crippen molar-refractivity contribution in [1.29, 1.82) is 0 Å². The molecule has 0 radical (unpaired) electrons. The molecular formula is C28H45N3O4. The van der Waals surface area contributed by atoms with Gasteiger partial charge in [0.05, 0.1) is 0 Å². The Morgan fingerprint density at radius 2 is 1.71 bits per heavy atom. The number of nitrogens with zero attached hydrogens (tertiary/aromatic N) is 1. The van der Waals surface area contributed by atoms with E-state index in [-0.39, 0.29) is 23.8 Å². The Bertz CT molecular complexity index is 858. The second kappa shape index (κ2) is 12.9. The lowest BCUT2D eigenvalue weighted by molar-refractivity contribution is -0.143. The molecule has 0 aliphatic heterocycles. The van der Waals surface area contributed by atoms with Gasteiger partial charge in [-0.25, -0.2) is 4.79 Å². The molecule has 3 atom stereocenters. The van der Waals surface area contributed by atoms with Gasteiger partial charge < -0.3 is 20.3 Å². The molecule has 0 saturated heterocycles. The third-order valence-electron chi connectivity index (χ3n) is 6.77. The van der Waals surface area contributed by atoms with E-state index in [0.717, 1.165) is 36.8 Å². The van der Waals surface area contributed by atoms with Gasteiger partial charge in [-0.2, -0.15) is 0 Å². The van der Waals surface area contributed by atoms with Gasteiger partial charge in [-0.15, -0.1) is 0 Å². The average Bonchev–Trinajstić information content (AvgIpc) is 2.80. The van der Waals surface area contributed by atoms with Crippen LogP contribution in [0.1, 0.15) is 97.2 Å². The average molecular weight is 488 g/mol. The lowest BCUT2D eigenvalue weighted by Crippen LogP contribution is -2.55. The molecule has 1 aliphatic carbocycles. The summed E-state index contributed by atoms with van der Waals surface area (Å²) in [6, 6.07) is 6.25. The second-order valence-corrected chi connectivity index (χ2v) is 10.7. The Morgan fingerprint density at radius 1 is 1.09 bits per heavy atom. The minimum Gasteiger partial charge on any atom is -0.444 e. The monoisotopic (exact) mass is 487 g/mol. The first-order valence-electron chi connectivity index (χ1n) is 13.1. The molecule has 1 aromatic rings. The number of nitrogens with one attached hydrogen (secondary N) is 2. The highest BCUT2D eigenvalue weighted by Gasteiger charge is 2.38. The summed E-state index contributed by atoms with van der Waals surface area (Å²) in [5.74, 6) is -0.579. The molecule has 35 heavy (non-hydrogen) atoms. The van der Waals surface area contributed by atoms with E-state index in [1.807, 2.05) is 52.0 Å². The minimum absolute atomic E-state index is 0.127. The fourth-order valence-corrected chi connectivity index (χ4v) is 4.63. The highest BCUT2D eigenvalue weighted by atomic mass is 16.6. The summed E-state index contributed by atoms with van der Waals surface area (Å²) < 4.78 is 5.44. The van der Waals surface area contributed by atoms with Gasteiger partial charge in [0.15, 0.2) is 0 Å². The predicted octanol–water partition coefficient (Wildman–Crippen LogP) is 5.27. The van der Waals surface area contributed by atoms with Crippen LogP contribution < -0.4 is 10.6 Å². The van der Waals surface area contributed by atoms with Gasteiger partial charge in [-0.05, 0) is 64.5 Å². The Balaban J connectivity index is 2.40. The van der Waals surface area contributed by atoms with Crippen molar-refractivity contribution in [2.24, 2.45) is 5.92 Å². The van der Waals surface area contributed by atoms with E-state index in [9.17, 15) is 14.4 Å². The van der Waals surface area contributed by atoms with Crippen molar-refractivity contribution in [2.75, 3.05) is 6.54 Å². The van der Waals surface area contributed by atoms with Crippen LogP contribution in [0.4, 0.5) is 4.79 Å². The van der Waals surface area contributed by atoms with Crippen LogP contribution in [0.15, 0.2) is 24.3 Å². The van der Waals surface area contributed by atoms with Crippen molar-refractivity contribution in [3.63, 3.8) is 0 Å². The molecule has 2 rings (SSSR count). The number of rotatable bonds is 9. The maximum Gasteiger partial charge on any atom is 0.408 e. The highest BCUT2D eigenvalue weighted by Crippen LogP contribution is 2.28. The number of ether oxygens (including phenoxy) is 1. The van der Waals surface area contributed by atoms with E-state index < -0.39 is 23.8 Å². The maximum absolute atomic E-state index is 14.0. The smallest absolute Gasteiger partial charge is 0.408 e. The molecule has 0 heterocycles. The number of amides is 3. The molecule has 0 spiro atoms. The first kappa shape index (κ1) is 28.7. The molecule has 7 nitrogen and oxygen atoms in total. The van der Waals surface area contributed by atoms with Crippen LogP contribution in [-0.2, 0) is 14.3 Å². The zero-order valence-corrected chi connectivity index (χ0v) is 22.6. The topological polar surface area (TPSA) is 87.7 Å². The minimum atomic E-state index is -0.802. The van der Waals surface area contributed by atoms with Crippen LogP contribution in [0.2, 0.25) is 0 Å². The molecule has 0 bridgehead atoms. The maximum atomic E-state index is 14.0. The lowest BCUT2D eigenvalue weighted by Gasteiger charge is -2.36. The summed E-state index contributed by atoms with van der Waals surface area (Å²) in [5, 5.41) is 6.02. The Morgan fingerprint density at radius 3 is 2.26 bits per heavy atom. The van der Waals surface area contributed by atoms with Crippen LogP contribution in [0, 0.1) is 12.8 Å². The van der Waals surface area contributed by atoms with Crippen molar-refractivity contribution in [3.8, 4) is 0 Å². The molecule has 7 heteroatoms. The number of carbonyl (C=O) groups excluding carboxylic acids is 3. The number of aryl methyl sites for hydroxylation is 1. The zero-order valence-electron chi connectivity index (χ0n) is 22.6. The van der Waals surface area contributed by atoms with Gasteiger partial charge in [0.25, 0.3) is 0 Å². The molecule has 2 N–H and O–H groups in total. The number of benzene rings is 1. The fourth-order valence-electron chi connectivity index (χ4n) is 4.63. The predicted molar refractivity (Wildman–Crippen MR) is 139 cm³/mol. The molecule has 1 aliphatic rings. The van der Waals surface area contributed by atoms with Crippen LogP contribution in [0.5, 0.6) is 0 Å². The summed E-state index contributed by atoms with van der Waals surface area (Å²) in [7, 11) is 0. The summed E-state index contributed by atoms with van der Waals surface area (Å²) in [4.78, 5) is 41.9. The molecule has 1 saturated carbocycles. The zero-order chi connectivity index (χ0) is 26.2. The summed E-state index contributed by atoms with van der Waals surface area (Å²) in [6.45, 7) is 13.4. The van der Waals surface area contributed by atoms with Gasteiger partial charge in [0, 0.05) is 12.6 Å². The summed E-state index contributed by atoms with van der Waals surface area (Å²) in [6.07, 6.45) is 5.38. The van der Waals surface area contributed by atoms with Crippen molar-refractivity contribution in [1.82, 2.24) is 15.5 Å². The third kappa shape index (κ3) is 8.25. The van der Waals surface area contributed by atoms with Crippen LogP contribution in [0.25, 0.3) is 0 Å². The Hall–Kier alpha value is -2.57. The SMILES string of the molecule is CCC(C)C(NC(=O)OC(C)(C)C)C(=O)N(CC)C(C(=O)NC1CCCCC1)c1ccccc1C. The van der Waals surface area contributed by atoms with E-state index in [2.05, 4.69) is 10.6 Å². The van der Waals surface area contributed by atoms with Gasteiger partial charge in [0.2, 0.25) is 11.8 Å². The Kier molecular flexibility index (Phi) is 10.6. The van der Waals surface area contributed by atoms with E-state index in [4.69, 9.17) is 4.74 Å². The lowest BCUT2D eigenvalue weighted by atomic mass is 9.93. The molecule has 0 aromatic heterocycles. The van der Waals surface area contributed by atoms with E-state index in [1.54, 1.807) is 25.7 Å². The van der Waals surface area contributed by atoms with Crippen LogP contribution >= 0.6 is 0 Å². The van der Waals surface area contributed by atoms with Gasteiger partial charge in [-0.1, -0.05) is 63.8 Å². The van der Waals surface area contributed by atoms with Crippen molar-refractivity contribution >= 4 is 17.9 Å². The molecule has 1 fully saturated rings. The molecular weight excluding hydrogens is 442 g/mol. The van der Waals surface area contributed by atoms with Crippen molar-refractivity contribution < 1.29 is 19.1 Å². The van der Waals surface area contributed by atoms with E-state index >= 15 is 0 Å². The number of likely N-dealkylation sites (N-methyl/N-ethyl adjacent to an activating group) is 1. The third-order valence-corrected chi connectivity index (χ3v) is 6.77. The summed E-state index contributed by atoms with van der Waals surface area (Å²) >= 11 is 0. The Labute approximate surface area is 211 Å². The van der Waals surface area contributed by atoms with Gasteiger partial charge in [-0.3, -0.25) is 9.59 Å². The normalized spacial score (nSPS) is 17.1. The van der Waals surface area contributed by atoms with Gasteiger partial charge in [0.1, 0.15) is 17.7 Å². The fraction of sp³-hybridized carbons (Fsp3) is 0.679. The van der Waals surface area contributed by atoms with E-state index in [1.165, 1.54) is 6.42 Å². The molecule has 3 unspecified atom stereocenters. The number of carbonyl (C=O) groups is 3. The first-order chi connectivity index (χ1) is 16.5. The number of hydrogen-bond donors (Lipinski definition) is 2. The molecule has 1 aromatic carbocycles. The standard InChI is InChI=1S/C28H45N3O4/c1-8-19(3)23(30-27(34)35-28(5,6)7)26(33)31(9-2)24(22-18-14-13-15-20(22)4)25(32)29-21-16-11-10-12-17-21/h13-15,18-19,21,23-24H,8-12,16-17H2,1-7H3,(H,29,32)(H,30,34). The van der Waals surface area contributed by atoms with Crippen LogP contribution in [-0.4, -0.2) is 47.0 Å². The second-order valence-electron chi connectivity index (χ2n) is 10.7. The summed E-state index contributed by atoms with van der Waals surface area (Å²) in [5.41, 5.74) is 1.07. The largest absolute Gasteiger partial charge is 0.444 e. The van der Waals surface area contributed by atoms with E-state index in [0.29, 0.717) is 13.0 Å². The van der Waals surface area contributed by atoms with Crippen molar-refractivity contribution in [2.45, 2.75) is 111 Å². The number of hydrogen-bond acceptors (Lipinski definition) is 4. The first-order valence-corrected chi connectivity index (χ1v) is 13.1. The highest BCUT2D eigenvalue weighted by molar-refractivity contribution is 5.92. The van der Waals surface area contributed by atoms with Crippen LogP contribution in [0.3, 0.4) is 0 Å². The molecule has 3 amide bonds. The quantitative estimate of drug-likeness (QED) is 0.496. The van der Waals surface area contributed by atoms with Gasteiger partial charge >= 0.3 is 6.09 Å².